The fraction of sp³-hybridized carbons (Fsp3) is 0.222. The topological polar surface area (TPSA) is 55.4 Å². The van der Waals surface area contributed by atoms with Gasteiger partial charge in [0.1, 0.15) is 0 Å². The van der Waals surface area contributed by atoms with E-state index in [4.69, 9.17) is 39.5 Å². The molecular formula is C18H16Cl3NO3S. The summed E-state index contributed by atoms with van der Waals surface area (Å²) in [7, 11) is 0. The molecule has 1 N–H and O–H groups in total. The van der Waals surface area contributed by atoms with Crippen LogP contribution in [-0.2, 0) is 14.3 Å². The van der Waals surface area contributed by atoms with E-state index in [2.05, 4.69) is 5.32 Å². The Morgan fingerprint density at radius 2 is 1.65 bits per heavy atom. The van der Waals surface area contributed by atoms with E-state index in [0.717, 1.165) is 4.90 Å². The maximum atomic E-state index is 12.1. The number of hydrogen-bond acceptors (Lipinski definition) is 4. The van der Waals surface area contributed by atoms with Crippen molar-refractivity contribution in [2.75, 3.05) is 11.1 Å². The highest BCUT2D eigenvalue weighted by molar-refractivity contribution is 7.99. The fourth-order valence-corrected chi connectivity index (χ4v) is 3.45. The summed E-state index contributed by atoms with van der Waals surface area (Å²) in [6, 6.07) is 12.0. The van der Waals surface area contributed by atoms with Crippen LogP contribution in [0, 0.1) is 0 Å². The largest absolute Gasteiger partial charge is 0.453 e. The second-order valence-corrected chi connectivity index (χ2v) is 7.81. The van der Waals surface area contributed by atoms with Crippen molar-refractivity contribution >= 4 is 64.1 Å². The van der Waals surface area contributed by atoms with Crippen LogP contribution in [0.3, 0.4) is 0 Å². The maximum absolute atomic E-state index is 12.1. The summed E-state index contributed by atoms with van der Waals surface area (Å²) in [5.74, 6) is -0.362. The molecule has 0 unspecified atom stereocenters. The van der Waals surface area contributed by atoms with Gasteiger partial charge in [-0.1, -0.05) is 34.8 Å². The minimum atomic E-state index is -0.930. The first-order valence-electron chi connectivity index (χ1n) is 7.68. The van der Waals surface area contributed by atoms with Crippen LogP contribution in [0.1, 0.15) is 13.3 Å². The number of anilines is 1. The number of carbonyl (C=O) groups excluding carboxylic acids is 2. The smallest absolute Gasteiger partial charge is 0.307 e. The minimum Gasteiger partial charge on any atom is -0.453 e. The van der Waals surface area contributed by atoms with E-state index in [1.807, 2.05) is 12.1 Å². The molecule has 0 fully saturated rings. The van der Waals surface area contributed by atoms with E-state index >= 15 is 0 Å². The van der Waals surface area contributed by atoms with Gasteiger partial charge in [-0.2, -0.15) is 0 Å². The van der Waals surface area contributed by atoms with Gasteiger partial charge >= 0.3 is 5.97 Å². The molecule has 0 aliphatic carbocycles. The number of thioether (sulfide) groups is 1. The van der Waals surface area contributed by atoms with Crippen LogP contribution in [0.4, 0.5) is 5.69 Å². The van der Waals surface area contributed by atoms with Gasteiger partial charge in [0.15, 0.2) is 6.10 Å². The van der Waals surface area contributed by atoms with E-state index in [-0.39, 0.29) is 6.42 Å². The van der Waals surface area contributed by atoms with Gasteiger partial charge in [0.25, 0.3) is 5.91 Å². The molecule has 138 valence electrons. The van der Waals surface area contributed by atoms with Crippen molar-refractivity contribution < 1.29 is 14.3 Å². The Balaban J connectivity index is 1.76. The zero-order valence-corrected chi connectivity index (χ0v) is 16.9. The van der Waals surface area contributed by atoms with Crippen LogP contribution in [-0.4, -0.2) is 23.7 Å². The van der Waals surface area contributed by atoms with E-state index in [0.29, 0.717) is 26.5 Å². The molecule has 4 nitrogen and oxygen atoms in total. The predicted molar refractivity (Wildman–Crippen MR) is 107 cm³/mol. The lowest BCUT2D eigenvalue weighted by Gasteiger charge is -2.14. The van der Waals surface area contributed by atoms with E-state index in [9.17, 15) is 9.59 Å². The van der Waals surface area contributed by atoms with Crippen molar-refractivity contribution in [2.24, 2.45) is 0 Å². The molecule has 0 saturated carbocycles. The number of ether oxygens (including phenoxy) is 1. The van der Waals surface area contributed by atoms with Crippen molar-refractivity contribution in [3.8, 4) is 0 Å². The first-order chi connectivity index (χ1) is 12.3. The van der Waals surface area contributed by atoms with Crippen LogP contribution in [0.15, 0.2) is 47.4 Å². The number of esters is 1. The quantitative estimate of drug-likeness (QED) is 0.450. The Labute approximate surface area is 171 Å². The molecule has 1 atom stereocenters. The van der Waals surface area contributed by atoms with Crippen LogP contribution in [0.2, 0.25) is 15.1 Å². The SMILES string of the molecule is C[C@H](OC(=O)CCSc1ccc(Cl)cc1)C(=O)Nc1cc(Cl)cc(Cl)c1. The highest BCUT2D eigenvalue weighted by Gasteiger charge is 2.18. The Hall–Kier alpha value is -1.40. The molecule has 0 radical (unpaired) electrons. The number of halogens is 3. The van der Waals surface area contributed by atoms with Crippen molar-refractivity contribution in [1.29, 1.82) is 0 Å². The monoisotopic (exact) mass is 431 g/mol. The molecule has 0 aromatic heterocycles. The lowest BCUT2D eigenvalue weighted by atomic mass is 10.3. The molecule has 0 saturated heterocycles. The summed E-state index contributed by atoms with van der Waals surface area (Å²) < 4.78 is 5.15. The van der Waals surface area contributed by atoms with E-state index in [1.54, 1.807) is 30.3 Å². The molecule has 0 heterocycles. The normalized spacial score (nSPS) is 11.7. The number of rotatable bonds is 7. The molecule has 2 aromatic carbocycles. The Morgan fingerprint density at radius 3 is 2.27 bits per heavy atom. The molecule has 1 amide bonds. The van der Waals surface area contributed by atoms with E-state index in [1.165, 1.54) is 18.7 Å². The van der Waals surface area contributed by atoms with Crippen LogP contribution in [0.25, 0.3) is 0 Å². The van der Waals surface area contributed by atoms with Gasteiger partial charge in [-0.05, 0) is 49.4 Å². The number of hydrogen-bond donors (Lipinski definition) is 1. The average molecular weight is 433 g/mol. The Bertz CT molecular complexity index is 764. The standard InChI is InChI=1S/C18H16Cl3NO3S/c1-11(18(24)22-15-9-13(20)8-14(21)10-15)25-17(23)6-7-26-16-4-2-12(19)3-5-16/h2-5,8-11H,6-7H2,1H3,(H,22,24)/t11-/m0/s1. The summed E-state index contributed by atoms with van der Waals surface area (Å²) in [4.78, 5) is 25.0. The summed E-state index contributed by atoms with van der Waals surface area (Å²) in [6.45, 7) is 1.51. The highest BCUT2D eigenvalue weighted by Crippen LogP contribution is 2.23. The third kappa shape index (κ3) is 7.08. The molecule has 2 aromatic rings. The van der Waals surface area contributed by atoms with Gasteiger partial charge in [-0.25, -0.2) is 0 Å². The fourth-order valence-electron chi connectivity index (χ4n) is 1.96. The molecule has 0 spiro atoms. The van der Waals surface area contributed by atoms with Gasteiger partial charge in [-0.3, -0.25) is 9.59 Å². The van der Waals surface area contributed by atoms with Gasteiger partial charge < -0.3 is 10.1 Å². The third-order valence-corrected chi connectivity index (χ3v) is 4.90. The second kappa shape index (κ2) is 10.1. The highest BCUT2D eigenvalue weighted by atomic mass is 35.5. The zero-order chi connectivity index (χ0) is 19.1. The minimum absolute atomic E-state index is 0.188. The molecule has 26 heavy (non-hydrogen) atoms. The number of benzene rings is 2. The molecule has 0 aliphatic rings. The zero-order valence-electron chi connectivity index (χ0n) is 13.8. The first kappa shape index (κ1) is 20.9. The van der Waals surface area contributed by atoms with Crippen molar-refractivity contribution in [1.82, 2.24) is 0 Å². The molecule has 2 rings (SSSR count). The molecular weight excluding hydrogens is 417 g/mol. The summed E-state index contributed by atoms with van der Waals surface area (Å²) >= 11 is 19.1. The Kier molecular flexibility index (Phi) is 8.10. The number of carbonyl (C=O) groups is 2. The van der Waals surface area contributed by atoms with Crippen molar-refractivity contribution in [2.45, 2.75) is 24.3 Å². The predicted octanol–water partition coefficient (Wildman–Crippen LogP) is 5.70. The van der Waals surface area contributed by atoms with Crippen molar-refractivity contribution in [3.63, 3.8) is 0 Å². The first-order valence-corrected chi connectivity index (χ1v) is 9.80. The molecule has 0 aliphatic heterocycles. The van der Waals surface area contributed by atoms with E-state index < -0.39 is 18.0 Å². The van der Waals surface area contributed by atoms with Gasteiger partial charge in [-0.15, -0.1) is 11.8 Å². The average Bonchev–Trinajstić information content (AvgIpc) is 2.55. The lowest BCUT2D eigenvalue weighted by Crippen LogP contribution is -2.30. The second-order valence-electron chi connectivity index (χ2n) is 5.33. The third-order valence-electron chi connectivity index (χ3n) is 3.20. The van der Waals surface area contributed by atoms with Crippen LogP contribution < -0.4 is 5.32 Å². The molecule has 8 heteroatoms. The number of amides is 1. The maximum Gasteiger partial charge on any atom is 0.307 e. The summed E-state index contributed by atoms with van der Waals surface area (Å²) in [5, 5.41) is 4.07. The van der Waals surface area contributed by atoms with Crippen molar-refractivity contribution in [3.05, 3.63) is 57.5 Å². The summed E-state index contributed by atoms with van der Waals surface area (Å²) in [5.41, 5.74) is 0.439. The van der Waals surface area contributed by atoms with Gasteiger partial charge in [0.2, 0.25) is 0 Å². The van der Waals surface area contributed by atoms with Crippen LogP contribution >= 0.6 is 46.6 Å². The van der Waals surface area contributed by atoms with Crippen LogP contribution in [0.5, 0.6) is 0 Å². The van der Waals surface area contributed by atoms with Gasteiger partial charge in [0, 0.05) is 31.4 Å². The van der Waals surface area contributed by atoms with Gasteiger partial charge in [0.05, 0.1) is 6.42 Å². The summed E-state index contributed by atoms with van der Waals surface area (Å²) in [6.07, 6.45) is -0.741. The Morgan fingerprint density at radius 1 is 1.04 bits per heavy atom. The number of nitrogens with one attached hydrogen (secondary N) is 1. The lowest BCUT2D eigenvalue weighted by molar-refractivity contribution is -0.152. The molecule has 0 bridgehead atoms.